The summed E-state index contributed by atoms with van der Waals surface area (Å²) < 4.78 is 1.43. The fourth-order valence-corrected chi connectivity index (χ4v) is 3.17. The molecule has 1 fully saturated rings. The molecule has 0 atom stereocenters. The van der Waals surface area contributed by atoms with Crippen molar-refractivity contribution in [1.82, 2.24) is 25.1 Å². The number of amides is 2. The number of hydrogen-bond donors (Lipinski definition) is 1. The molecule has 1 N–H and O–H groups in total. The Labute approximate surface area is 155 Å². The average Bonchev–Trinajstić information content (AvgIpc) is 3.41. The highest BCUT2D eigenvalue weighted by Crippen LogP contribution is 2.19. The highest BCUT2D eigenvalue weighted by atomic mass is 16.2. The van der Waals surface area contributed by atoms with Crippen molar-refractivity contribution in [3.05, 3.63) is 66.0 Å². The molecule has 0 bridgehead atoms. The van der Waals surface area contributed by atoms with Crippen LogP contribution in [0.4, 0.5) is 5.69 Å². The van der Waals surface area contributed by atoms with E-state index in [1.165, 1.54) is 11.0 Å². The molecule has 1 aliphatic rings. The molecule has 136 valence electrons. The Morgan fingerprint density at radius 3 is 2.59 bits per heavy atom. The minimum atomic E-state index is -0.299. The van der Waals surface area contributed by atoms with Crippen molar-refractivity contribution >= 4 is 17.5 Å². The number of likely N-dealkylation sites (tertiary alicyclic amines) is 1. The summed E-state index contributed by atoms with van der Waals surface area (Å²) in [4.78, 5) is 27.2. The van der Waals surface area contributed by atoms with Crippen LogP contribution in [0.2, 0.25) is 0 Å². The van der Waals surface area contributed by atoms with E-state index in [4.69, 9.17) is 0 Å². The number of nitrogens with one attached hydrogen (secondary N) is 1. The summed E-state index contributed by atoms with van der Waals surface area (Å²) in [5, 5.41) is 13.9. The van der Waals surface area contributed by atoms with Gasteiger partial charge >= 0.3 is 0 Å². The standard InChI is InChI=1S/C19H18N6O2/c26-18(16-8-1-2-9-17(16)25-13-20-22-23-25)21-15-7-5-6-14(12-15)19(27)24-10-3-4-11-24/h1-2,5-9,12-13H,3-4,10-11H2,(H,21,26). The number of nitrogens with zero attached hydrogens (tertiary/aromatic N) is 5. The SMILES string of the molecule is O=C(Nc1cccc(C(=O)N2CCCC2)c1)c1ccccc1-n1cnnn1. The van der Waals surface area contributed by atoms with E-state index in [1.54, 1.807) is 42.5 Å². The molecule has 4 rings (SSSR count). The molecule has 27 heavy (non-hydrogen) atoms. The van der Waals surface area contributed by atoms with Crippen molar-refractivity contribution in [1.29, 1.82) is 0 Å². The number of para-hydroxylation sites is 1. The number of aromatic nitrogens is 4. The molecule has 8 heteroatoms. The topological polar surface area (TPSA) is 93.0 Å². The van der Waals surface area contributed by atoms with E-state index in [-0.39, 0.29) is 11.8 Å². The Hall–Kier alpha value is -3.55. The number of rotatable bonds is 4. The van der Waals surface area contributed by atoms with Crippen LogP contribution in [0.15, 0.2) is 54.9 Å². The second kappa shape index (κ2) is 7.36. The normalized spacial score (nSPS) is 13.6. The molecule has 2 amide bonds. The highest BCUT2D eigenvalue weighted by molar-refractivity contribution is 6.07. The van der Waals surface area contributed by atoms with Gasteiger partial charge in [-0.15, -0.1) is 5.10 Å². The predicted octanol–water partition coefficient (Wildman–Crippen LogP) is 2.15. The quantitative estimate of drug-likeness (QED) is 0.768. The molecule has 0 spiro atoms. The van der Waals surface area contributed by atoms with Crippen LogP contribution in [0.1, 0.15) is 33.6 Å². The molecule has 0 saturated carbocycles. The van der Waals surface area contributed by atoms with Gasteiger partial charge in [0.05, 0.1) is 11.3 Å². The number of benzene rings is 2. The lowest BCUT2D eigenvalue weighted by atomic mass is 10.1. The maximum absolute atomic E-state index is 12.8. The second-order valence-corrected chi connectivity index (χ2v) is 6.31. The second-order valence-electron chi connectivity index (χ2n) is 6.31. The zero-order valence-corrected chi connectivity index (χ0v) is 14.6. The van der Waals surface area contributed by atoms with Crippen molar-refractivity contribution in [3.63, 3.8) is 0 Å². The van der Waals surface area contributed by atoms with Gasteiger partial charge in [-0.2, -0.15) is 4.68 Å². The van der Waals surface area contributed by atoms with Crippen LogP contribution in [0, 0.1) is 0 Å². The van der Waals surface area contributed by atoms with E-state index in [0.717, 1.165) is 25.9 Å². The molecule has 2 aromatic carbocycles. The molecular formula is C19H18N6O2. The molecule has 1 aromatic heterocycles. The number of tetrazole rings is 1. The van der Waals surface area contributed by atoms with Crippen molar-refractivity contribution in [3.8, 4) is 5.69 Å². The van der Waals surface area contributed by atoms with Crippen LogP contribution >= 0.6 is 0 Å². The molecular weight excluding hydrogens is 344 g/mol. The van der Waals surface area contributed by atoms with Gasteiger partial charge < -0.3 is 10.2 Å². The summed E-state index contributed by atoms with van der Waals surface area (Å²) in [6.45, 7) is 1.57. The third-order valence-corrected chi connectivity index (χ3v) is 4.51. The minimum absolute atomic E-state index is 0.00214. The molecule has 1 aliphatic heterocycles. The molecule has 0 unspecified atom stereocenters. The first-order chi connectivity index (χ1) is 13.2. The Morgan fingerprint density at radius 2 is 1.81 bits per heavy atom. The van der Waals surface area contributed by atoms with Gasteiger partial charge in [-0.25, -0.2) is 0 Å². The third kappa shape index (κ3) is 3.55. The number of anilines is 1. The summed E-state index contributed by atoms with van der Waals surface area (Å²) in [5.41, 5.74) is 2.14. The molecule has 1 saturated heterocycles. The number of carbonyl (C=O) groups excluding carboxylic acids is 2. The first-order valence-electron chi connectivity index (χ1n) is 8.75. The third-order valence-electron chi connectivity index (χ3n) is 4.51. The van der Waals surface area contributed by atoms with E-state index < -0.39 is 0 Å². The summed E-state index contributed by atoms with van der Waals surface area (Å²) >= 11 is 0. The number of carbonyl (C=O) groups is 2. The Kier molecular flexibility index (Phi) is 4.61. The van der Waals surface area contributed by atoms with Gasteiger partial charge in [0.1, 0.15) is 6.33 Å². The average molecular weight is 362 g/mol. The van der Waals surface area contributed by atoms with Gasteiger partial charge in [-0.05, 0) is 53.6 Å². The van der Waals surface area contributed by atoms with Crippen LogP contribution in [0.3, 0.4) is 0 Å². The van der Waals surface area contributed by atoms with Gasteiger partial charge in [0.2, 0.25) is 0 Å². The minimum Gasteiger partial charge on any atom is -0.339 e. The number of hydrogen-bond acceptors (Lipinski definition) is 5. The maximum atomic E-state index is 12.8. The van der Waals surface area contributed by atoms with E-state index >= 15 is 0 Å². The van der Waals surface area contributed by atoms with Crippen molar-refractivity contribution in [2.24, 2.45) is 0 Å². The van der Waals surface area contributed by atoms with Crippen LogP contribution in [-0.2, 0) is 0 Å². The predicted molar refractivity (Wildman–Crippen MR) is 98.7 cm³/mol. The highest BCUT2D eigenvalue weighted by Gasteiger charge is 2.20. The van der Waals surface area contributed by atoms with Crippen molar-refractivity contribution in [2.75, 3.05) is 18.4 Å². The van der Waals surface area contributed by atoms with Gasteiger partial charge in [0, 0.05) is 24.3 Å². The molecule has 0 radical (unpaired) electrons. The Balaban J connectivity index is 1.56. The lowest BCUT2D eigenvalue weighted by molar-refractivity contribution is 0.0792. The summed E-state index contributed by atoms with van der Waals surface area (Å²) in [6.07, 6.45) is 3.51. The molecule has 0 aliphatic carbocycles. The zero-order chi connectivity index (χ0) is 18.6. The largest absolute Gasteiger partial charge is 0.339 e. The van der Waals surface area contributed by atoms with Crippen LogP contribution in [-0.4, -0.2) is 50.0 Å². The van der Waals surface area contributed by atoms with Crippen LogP contribution in [0.5, 0.6) is 0 Å². The summed E-state index contributed by atoms with van der Waals surface area (Å²) in [6, 6.07) is 14.1. The molecule has 2 heterocycles. The van der Waals surface area contributed by atoms with Crippen molar-refractivity contribution in [2.45, 2.75) is 12.8 Å². The first-order valence-corrected chi connectivity index (χ1v) is 8.75. The van der Waals surface area contributed by atoms with Gasteiger partial charge in [-0.3, -0.25) is 9.59 Å². The van der Waals surface area contributed by atoms with Crippen molar-refractivity contribution < 1.29 is 9.59 Å². The smallest absolute Gasteiger partial charge is 0.257 e. The van der Waals surface area contributed by atoms with Crippen LogP contribution in [0.25, 0.3) is 5.69 Å². The van der Waals surface area contributed by atoms with E-state index in [0.29, 0.717) is 22.5 Å². The van der Waals surface area contributed by atoms with Gasteiger partial charge in [-0.1, -0.05) is 18.2 Å². The molecule has 8 nitrogen and oxygen atoms in total. The lowest BCUT2D eigenvalue weighted by Crippen LogP contribution is -2.27. The fourth-order valence-electron chi connectivity index (χ4n) is 3.17. The Bertz CT molecular complexity index is 964. The zero-order valence-electron chi connectivity index (χ0n) is 14.6. The maximum Gasteiger partial charge on any atom is 0.257 e. The molecule has 3 aromatic rings. The lowest BCUT2D eigenvalue weighted by Gasteiger charge is -2.16. The van der Waals surface area contributed by atoms with Crippen LogP contribution < -0.4 is 5.32 Å². The summed E-state index contributed by atoms with van der Waals surface area (Å²) in [7, 11) is 0. The van der Waals surface area contributed by atoms with E-state index in [2.05, 4.69) is 20.8 Å². The van der Waals surface area contributed by atoms with Gasteiger partial charge in [0.15, 0.2) is 0 Å². The van der Waals surface area contributed by atoms with Gasteiger partial charge in [0.25, 0.3) is 11.8 Å². The summed E-state index contributed by atoms with van der Waals surface area (Å²) in [5.74, 6) is -0.301. The van der Waals surface area contributed by atoms with E-state index in [9.17, 15) is 9.59 Å². The fraction of sp³-hybridized carbons (Fsp3) is 0.211. The van der Waals surface area contributed by atoms with E-state index in [1.807, 2.05) is 11.0 Å². The first kappa shape index (κ1) is 16.9. The monoisotopic (exact) mass is 362 g/mol. The Morgan fingerprint density at radius 1 is 1.00 bits per heavy atom.